The maximum Gasteiger partial charge on any atom is 0.270 e. The first-order chi connectivity index (χ1) is 13.7. The van der Waals surface area contributed by atoms with Crippen molar-refractivity contribution in [2.45, 2.75) is 51.5 Å². The second kappa shape index (κ2) is 7.81. The second-order valence-electron chi connectivity index (χ2n) is 9.45. The van der Waals surface area contributed by atoms with Crippen LogP contribution in [0.4, 0.5) is 8.78 Å². The van der Waals surface area contributed by atoms with Crippen molar-refractivity contribution in [2.24, 2.45) is 5.92 Å². The van der Waals surface area contributed by atoms with Crippen molar-refractivity contribution in [3.05, 3.63) is 59.2 Å². The van der Waals surface area contributed by atoms with Crippen LogP contribution in [0.5, 0.6) is 0 Å². The minimum atomic E-state index is -2.80. The molecule has 0 amide bonds. The van der Waals surface area contributed by atoms with E-state index in [0.29, 0.717) is 5.92 Å². The fraction of sp³-hybridized carbons (Fsp3) is 0.520. The van der Waals surface area contributed by atoms with Crippen LogP contribution in [0.2, 0.25) is 0 Å². The van der Waals surface area contributed by atoms with Crippen molar-refractivity contribution >= 4 is 0 Å². The van der Waals surface area contributed by atoms with E-state index in [1.165, 1.54) is 23.3 Å². The van der Waals surface area contributed by atoms with Gasteiger partial charge in [0, 0.05) is 50.8 Å². The van der Waals surface area contributed by atoms with E-state index < -0.39 is 5.92 Å². The minimum absolute atomic E-state index is 0.0583. The molecule has 29 heavy (non-hydrogen) atoms. The van der Waals surface area contributed by atoms with Gasteiger partial charge < -0.3 is 4.74 Å². The summed E-state index contributed by atoms with van der Waals surface area (Å²) in [5, 5.41) is 0. The third-order valence-electron chi connectivity index (χ3n) is 6.43. The highest BCUT2D eigenvalue weighted by atomic mass is 19.3. The summed E-state index contributed by atoms with van der Waals surface area (Å²) in [7, 11) is 0. The van der Waals surface area contributed by atoms with Crippen molar-refractivity contribution in [2.75, 3.05) is 26.3 Å². The Labute approximate surface area is 172 Å². The topological polar surface area (TPSA) is 12.5 Å². The molecular weight excluding hydrogens is 368 g/mol. The van der Waals surface area contributed by atoms with Gasteiger partial charge in [0.1, 0.15) is 0 Å². The van der Waals surface area contributed by atoms with Gasteiger partial charge in [-0.05, 0) is 47.1 Å². The molecule has 0 bridgehead atoms. The Balaban J connectivity index is 1.57. The summed E-state index contributed by atoms with van der Waals surface area (Å²) in [5.41, 5.74) is 5.00. The normalized spacial score (nSPS) is 20.4. The summed E-state index contributed by atoms with van der Waals surface area (Å²) >= 11 is 0. The van der Waals surface area contributed by atoms with E-state index in [1.54, 1.807) is 0 Å². The van der Waals surface area contributed by atoms with Crippen LogP contribution in [0, 0.1) is 5.92 Å². The Bertz CT molecular complexity index is 848. The molecule has 0 aliphatic carbocycles. The largest absolute Gasteiger partial charge is 0.381 e. The van der Waals surface area contributed by atoms with Crippen molar-refractivity contribution in [3.63, 3.8) is 0 Å². The third-order valence-corrected chi connectivity index (χ3v) is 6.43. The molecule has 2 aromatic rings. The molecule has 2 aromatic carbocycles. The Kier molecular flexibility index (Phi) is 5.52. The number of hydrogen-bond donors (Lipinski definition) is 0. The van der Waals surface area contributed by atoms with Crippen molar-refractivity contribution in [1.29, 1.82) is 0 Å². The smallest absolute Gasteiger partial charge is 0.270 e. The fourth-order valence-electron chi connectivity index (χ4n) is 4.88. The molecule has 0 unspecified atom stereocenters. The second-order valence-corrected chi connectivity index (χ2v) is 9.45. The number of fused-ring (bicyclic) bond motifs is 1. The van der Waals surface area contributed by atoms with E-state index in [-0.39, 0.29) is 11.0 Å². The highest BCUT2D eigenvalue weighted by Gasteiger charge is 2.33. The predicted molar refractivity (Wildman–Crippen MR) is 113 cm³/mol. The fourth-order valence-corrected chi connectivity index (χ4v) is 4.88. The maximum absolute atomic E-state index is 13.5. The zero-order valence-electron chi connectivity index (χ0n) is 17.7. The first kappa shape index (κ1) is 20.5. The number of alkyl halides is 2. The van der Waals surface area contributed by atoms with Gasteiger partial charge in [0.2, 0.25) is 0 Å². The summed E-state index contributed by atoms with van der Waals surface area (Å²) in [5.74, 6) is -2.09. The van der Waals surface area contributed by atoms with Crippen LogP contribution in [0.3, 0.4) is 0 Å². The summed E-state index contributed by atoms with van der Waals surface area (Å²) < 4.78 is 32.6. The van der Waals surface area contributed by atoms with Gasteiger partial charge in [-0.2, -0.15) is 0 Å². The van der Waals surface area contributed by atoms with E-state index in [4.69, 9.17) is 4.74 Å². The van der Waals surface area contributed by atoms with Crippen molar-refractivity contribution in [3.8, 4) is 11.1 Å². The first-order valence-corrected chi connectivity index (χ1v) is 10.6. The van der Waals surface area contributed by atoms with Crippen LogP contribution in [0.15, 0.2) is 42.5 Å². The molecule has 2 aliphatic rings. The molecule has 0 N–H and O–H groups in total. The van der Waals surface area contributed by atoms with Gasteiger partial charge in [-0.3, -0.25) is 4.90 Å². The van der Waals surface area contributed by atoms with E-state index in [1.807, 2.05) is 12.1 Å². The van der Waals surface area contributed by atoms with Crippen LogP contribution >= 0.6 is 0 Å². The zero-order valence-corrected chi connectivity index (χ0v) is 17.7. The summed E-state index contributed by atoms with van der Waals surface area (Å²) in [6.07, 6.45) is 2.30. The highest BCUT2D eigenvalue weighted by molar-refractivity contribution is 5.66. The van der Waals surface area contributed by atoms with Gasteiger partial charge in [-0.25, -0.2) is 8.78 Å². The Morgan fingerprint density at radius 2 is 1.69 bits per heavy atom. The quantitative estimate of drug-likeness (QED) is 0.627. The molecule has 1 fully saturated rings. The Morgan fingerprint density at radius 1 is 1.03 bits per heavy atom. The summed E-state index contributed by atoms with van der Waals surface area (Å²) in [4.78, 5) is 2.59. The minimum Gasteiger partial charge on any atom is -0.381 e. The molecule has 2 nitrogen and oxygen atoms in total. The number of benzene rings is 2. The monoisotopic (exact) mass is 399 g/mol. The standard InChI is InChI=1S/C25H31F2NO/c1-24(2)17-28(15-18-10-12-29-13-11-18)16-21-14-20(6-9-23(21)24)19-4-7-22(8-5-19)25(3,26)27/h4-9,14,18H,10-13,15-17H2,1-3H3. The van der Waals surface area contributed by atoms with Crippen LogP contribution in [0.1, 0.15) is 50.3 Å². The van der Waals surface area contributed by atoms with E-state index in [0.717, 1.165) is 63.7 Å². The van der Waals surface area contributed by atoms with Crippen LogP contribution in [-0.4, -0.2) is 31.2 Å². The molecule has 0 saturated carbocycles. The van der Waals surface area contributed by atoms with Crippen LogP contribution in [-0.2, 0) is 22.6 Å². The average Bonchev–Trinajstić information content (AvgIpc) is 2.67. The van der Waals surface area contributed by atoms with Gasteiger partial charge in [-0.15, -0.1) is 0 Å². The number of rotatable bonds is 4. The van der Waals surface area contributed by atoms with Crippen LogP contribution in [0.25, 0.3) is 11.1 Å². The highest BCUT2D eigenvalue weighted by Crippen LogP contribution is 2.37. The van der Waals surface area contributed by atoms with Gasteiger partial charge in [0.25, 0.3) is 5.92 Å². The van der Waals surface area contributed by atoms with E-state index in [9.17, 15) is 8.78 Å². The average molecular weight is 400 g/mol. The Hall–Kier alpha value is -1.78. The lowest BCUT2D eigenvalue weighted by molar-refractivity contribution is 0.0175. The molecule has 156 valence electrons. The number of hydrogen-bond acceptors (Lipinski definition) is 2. The SMILES string of the molecule is CC(F)(F)c1ccc(-c2ccc3c(c2)CN(CC2CCOCC2)CC3(C)C)cc1. The van der Waals surface area contributed by atoms with Gasteiger partial charge >= 0.3 is 0 Å². The van der Waals surface area contributed by atoms with Gasteiger partial charge in [-0.1, -0.05) is 50.2 Å². The van der Waals surface area contributed by atoms with Crippen molar-refractivity contribution in [1.82, 2.24) is 4.90 Å². The molecule has 0 atom stereocenters. The molecular formula is C25H31F2NO. The predicted octanol–water partition coefficient (Wildman–Crippen LogP) is 5.99. The third kappa shape index (κ3) is 4.54. The molecule has 2 aliphatic heterocycles. The lowest BCUT2D eigenvalue weighted by atomic mass is 9.77. The molecule has 1 saturated heterocycles. The molecule has 4 rings (SSSR count). The van der Waals surface area contributed by atoms with Crippen LogP contribution < -0.4 is 0 Å². The number of nitrogens with zero attached hydrogens (tertiary/aromatic N) is 1. The number of ether oxygens (including phenoxy) is 1. The summed E-state index contributed by atoms with van der Waals surface area (Å²) in [6.45, 7) is 10.5. The molecule has 0 spiro atoms. The maximum atomic E-state index is 13.5. The van der Waals surface area contributed by atoms with Gasteiger partial charge in [0.05, 0.1) is 0 Å². The number of halogens is 2. The van der Waals surface area contributed by atoms with Crippen molar-refractivity contribution < 1.29 is 13.5 Å². The van der Waals surface area contributed by atoms with Gasteiger partial charge in [0.15, 0.2) is 0 Å². The molecule has 2 heterocycles. The zero-order chi connectivity index (χ0) is 20.6. The first-order valence-electron chi connectivity index (χ1n) is 10.6. The lowest BCUT2D eigenvalue weighted by Crippen LogP contribution is -2.44. The molecule has 0 aromatic heterocycles. The molecule has 4 heteroatoms. The Morgan fingerprint density at radius 3 is 2.34 bits per heavy atom. The van der Waals surface area contributed by atoms with E-state index in [2.05, 4.69) is 36.9 Å². The lowest BCUT2D eigenvalue weighted by Gasteiger charge is -2.42. The summed E-state index contributed by atoms with van der Waals surface area (Å²) in [6, 6.07) is 13.3. The molecule has 0 radical (unpaired) electrons. The van der Waals surface area contributed by atoms with E-state index >= 15 is 0 Å².